The number of carbonyl (C=O) groups is 1. The van der Waals surface area contributed by atoms with Crippen LogP contribution in [0.25, 0.3) is 0 Å². The first kappa shape index (κ1) is 15.9. The minimum Gasteiger partial charge on any atom is -0.494 e. The zero-order chi connectivity index (χ0) is 16.4. The summed E-state index contributed by atoms with van der Waals surface area (Å²) >= 11 is 0. The summed E-state index contributed by atoms with van der Waals surface area (Å²) in [6.45, 7) is 7.39. The molecule has 0 radical (unpaired) electrons. The average molecular weight is 329 g/mol. The van der Waals surface area contributed by atoms with Crippen LogP contribution in [-0.4, -0.2) is 56.7 Å². The first-order valence-electron chi connectivity index (χ1n) is 9.33. The molecule has 24 heavy (non-hydrogen) atoms. The van der Waals surface area contributed by atoms with E-state index in [1.807, 2.05) is 4.90 Å². The van der Waals surface area contributed by atoms with Gasteiger partial charge in [-0.2, -0.15) is 0 Å². The first-order valence-corrected chi connectivity index (χ1v) is 9.33. The number of anilines is 1. The fourth-order valence-electron chi connectivity index (χ4n) is 4.07. The van der Waals surface area contributed by atoms with E-state index in [2.05, 4.69) is 22.3 Å². The van der Waals surface area contributed by atoms with Crippen LogP contribution >= 0.6 is 0 Å². The van der Waals surface area contributed by atoms with Crippen molar-refractivity contribution in [2.45, 2.75) is 32.1 Å². The van der Waals surface area contributed by atoms with Crippen LogP contribution < -0.4 is 15.0 Å². The summed E-state index contributed by atoms with van der Waals surface area (Å²) in [6.07, 6.45) is 4.76. The normalized spacial score (nSPS) is 20.3. The van der Waals surface area contributed by atoms with Gasteiger partial charge in [0.15, 0.2) is 0 Å². The minimum absolute atomic E-state index is 0.280. The topological polar surface area (TPSA) is 44.8 Å². The number of nitrogens with zero attached hydrogens (tertiary/aromatic N) is 2. The van der Waals surface area contributed by atoms with Crippen molar-refractivity contribution in [2.75, 3.05) is 50.8 Å². The van der Waals surface area contributed by atoms with Crippen LogP contribution in [-0.2, 0) is 17.6 Å². The van der Waals surface area contributed by atoms with Gasteiger partial charge in [-0.05, 0) is 55.5 Å². The molecular formula is C19H27N3O2. The summed E-state index contributed by atoms with van der Waals surface area (Å²) in [7, 11) is 0. The third kappa shape index (κ3) is 3.28. The molecule has 1 amide bonds. The van der Waals surface area contributed by atoms with Crippen molar-refractivity contribution < 1.29 is 9.53 Å². The summed E-state index contributed by atoms with van der Waals surface area (Å²) in [5, 5.41) is 3.39. The molecule has 3 aliphatic rings. The molecule has 1 N–H and O–H groups in total. The van der Waals surface area contributed by atoms with Gasteiger partial charge in [0.05, 0.1) is 12.3 Å². The lowest BCUT2D eigenvalue weighted by molar-refractivity contribution is -0.118. The number of benzene rings is 1. The zero-order valence-corrected chi connectivity index (χ0v) is 14.4. The van der Waals surface area contributed by atoms with Gasteiger partial charge in [-0.15, -0.1) is 0 Å². The third-order valence-corrected chi connectivity index (χ3v) is 5.37. The summed E-state index contributed by atoms with van der Waals surface area (Å²) in [6, 6.07) is 4.30. The van der Waals surface area contributed by atoms with Crippen LogP contribution in [0.15, 0.2) is 12.1 Å². The Balaban J connectivity index is 1.28. The molecule has 1 saturated heterocycles. The lowest BCUT2D eigenvalue weighted by Gasteiger charge is -2.27. The van der Waals surface area contributed by atoms with E-state index in [0.717, 1.165) is 51.3 Å². The molecule has 0 aromatic heterocycles. The maximum atomic E-state index is 12.0. The van der Waals surface area contributed by atoms with Gasteiger partial charge in [0, 0.05) is 39.1 Å². The first-order chi connectivity index (χ1) is 11.8. The molecule has 1 aromatic carbocycles. The Bertz CT molecular complexity index is 611. The maximum absolute atomic E-state index is 12.0. The van der Waals surface area contributed by atoms with Gasteiger partial charge in [0.25, 0.3) is 0 Å². The molecule has 1 aromatic rings. The summed E-state index contributed by atoms with van der Waals surface area (Å²) < 4.78 is 6.02. The zero-order valence-electron chi connectivity index (χ0n) is 14.4. The molecule has 3 heterocycles. The quantitative estimate of drug-likeness (QED) is 0.805. The van der Waals surface area contributed by atoms with Crippen molar-refractivity contribution in [2.24, 2.45) is 0 Å². The molecule has 0 bridgehead atoms. The van der Waals surface area contributed by atoms with Gasteiger partial charge in [0.2, 0.25) is 5.91 Å². The Hall–Kier alpha value is -1.59. The molecule has 0 unspecified atom stereocenters. The number of unbranched alkanes of at least 4 members (excludes halogenated alkanes) is 1. The van der Waals surface area contributed by atoms with Gasteiger partial charge >= 0.3 is 0 Å². The number of hydrogen-bond acceptors (Lipinski definition) is 4. The molecule has 130 valence electrons. The fourth-order valence-corrected chi connectivity index (χ4v) is 4.07. The Morgan fingerprint density at radius 1 is 1.00 bits per heavy atom. The van der Waals surface area contributed by atoms with E-state index in [1.165, 1.54) is 42.9 Å². The van der Waals surface area contributed by atoms with E-state index in [-0.39, 0.29) is 5.91 Å². The standard InChI is InChI=1S/C19H27N3O2/c23-18-4-3-15-13-17(14-16-5-9-22(18)19(15)16)24-12-2-1-8-21-10-6-20-7-11-21/h13-14,20H,1-12H2. The smallest absolute Gasteiger partial charge is 0.227 e. The van der Waals surface area contributed by atoms with Gasteiger partial charge in [-0.1, -0.05) is 0 Å². The molecule has 5 heteroatoms. The van der Waals surface area contributed by atoms with Crippen molar-refractivity contribution in [1.29, 1.82) is 0 Å². The summed E-state index contributed by atoms with van der Waals surface area (Å²) in [5.74, 6) is 1.27. The summed E-state index contributed by atoms with van der Waals surface area (Å²) in [5.41, 5.74) is 3.76. The highest BCUT2D eigenvalue weighted by atomic mass is 16.5. The number of carbonyl (C=O) groups excluding carboxylic acids is 1. The summed E-state index contributed by atoms with van der Waals surface area (Å²) in [4.78, 5) is 16.5. The van der Waals surface area contributed by atoms with Crippen LogP contribution in [0.5, 0.6) is 5.75 Å². The second kappa shape index (κ2) is 7.11. The average Bonchev–Trinajstić information content (AvgIpc) is 3.04. The van der Waals surface area contributed by atoms with Crippen LogP contribution in [0.1, 0.15) is 30.4 Å². The van der Waals surface area contributed by atoms with E-state index >= 15 is 0 Å². The largest absolute Gasteiger partial charge is 0.494 e. The van der Waals surface area contributed by atoms with Gasteiger partial charge in [-0.3, -0.25) is 4.79 Å². The Morgan fingerprint density at radius 3 is 2.62 bits per heavy atom. The van der Waals surface area contributed by atoms with E-state index in [9.17, 15) is 4.79 Å². The fraction of sp³-hybridized carbons (Fsp3) is 0.632. The molecule has 5 nitrogen and oxygen atoms in total. The van der Waals surface area contributed by atoms with Crippen molar-refractivity contribution >= 4 is 11.6 Å². The molecule has 0 spiro atoms. The number of hydrogen-bond donors (Lipinski definition) is 1. The minimum atomic E-state index is 0.280. The number of rotatable bonds is 6. The Labute approximate surface area is 144 Å². The van der Waals surface area contributed by atoms with Crippen LogP contribution in [0, 0.1) is 0 Å². The van der Waals surface area contributed by atoms with Gasteiger partial charge in [-0.25, -0.2) is 0 Å². The van der Waals surface area contributed by atoms with Crippen LogP contribution in [0.3, 0.4) is 0 Å². The second-order valence-corrected chi connectivity index (χ2v) is 7.03. The number of piperazine rings is 1. The van der Waals surface area contributed by atoms with Crippen LogP contribution in [0.2, 0.25) is 0 Å². The lowest BCUT2D eigenvalue weighted by Crippen LogP contribution is -2.43. The SMILES string of the molecule is O=C1CCc2cc(OCCCCN3CCNCC3)cc3c2N1CC3. The highest BCUT2D eigenvalue weighted by molar-refractivity contribution is 5.98. The van der Waals surface area contributed by atoms with Crippen LogP contribution in [0.4, 0.5) is 5.69 Å². The van der Waals surface area contributed by atoms with Crippen molar-refractivity contribution in [3.8, 4) is 5.75 Å². The maximum Gasteiger partial charge on any atom is 0.227 e. The molecular weight excluding hydrogens is 302 g/mol. The molecule has 0 saturated carbocycles. The number of aryl methyl sites for hydroxylation is 1. The van der Waals surface area contributed by atoms with E-state index in [4.69, 9.17) is 4.74 Å². The highest BCUT2D eigenvalue weighted by Gasteiger charge is 2.31. The van der Waals surface area contributed by atoms with Gasteiger partial charge < -0.3 is 19.9 Å². The molecule has 4 rings (SSSR count). The van der Waals surface area contributed by atoms with Crippen molar-refractivity contribution in [1.82, 2.24) is 10.2 Å². The lowest BCUT2D eigenvalue weighted by atomic mass is 9.99. The molecule has 3 aliphatic heterocycles. The van der Waals surface area contributed by atoms with Crippen molar-refractivity contribution in [3.63, 3.8) is 0 Å². The second-order valence-electron chi connectivity index (χ2n) is 7.03. The third-order valence-electron chi connectivity index (χ3n) is 5.37. The van der Waals surface area contributed by atoms with E-state index in [1.54, 1.807) is 0 Å². The van der Waals surface area contributed by atoms with E-state index < -0.39 is 0 Å². The molecule has 0 atom stereocenters. The van der Waals surface area contributed by atoms with Crippen molar-refractivity contribution in [3.05, 3.63) is 23.3 Å². The van der Waals surface area contributed by atoms with Gasteiger partial charge in [0.1, 0.15) is 5.75 Å². The highest BCUT2D eigenvalue weighted by Crippen LogP contribution is 2.39. The Morgan fingerprint density at radius 2 is 1.79 bits per heavy atom. The predicted molar refractivity (Wildman–Crippen MR) is 94.9 cm³/mol. The Kier molecular flexibility index (Phi) is 4.72. The van der Waals surface area contributed by atoms with E-state index in [0.29, 0.717) is 6.42 Å². The number of amides is 1. The molecule has 1 fully saturated rings. The predicted octanol–water partition coefficient (Wildman–Crippen LogP) is 1.59. The number of nitrogens with one attached hydrogen (secondary N) is 1. The molecule has 0 aliphatic carbocycles. The number of ether oxygens (including phenoxy) is 1. The monoisotopic (exact) mass is 329 g/mol.